The second-order valence-corrected chi connectivity index (χ2v) is 7.33. The minimum Gasteiger partial charge on any atom is -0.472 e. The Balaban J connectivity index is 1.32. The summed E-state index contributed by atoms with van der Waals surface area (Å²) in [6, 6.07) is 11.5. The second-order valence-electron chi connectivity index (χ2n) is 6.47. The number of amides is 2. The molecule has 0 aliphatic carbocycles. The molecule has 1 aliphatic heterocycles. The molecule has 7 heteroatoms. The maximum atomic E-state index is 12.6. The van der Waals surface area contributed by atoms with Gasteiger partial charge in [-0.2, -0.15) is 0 Å². The fourth-order valence-electron chi connectivity index (χ4n) is 3.19. The van der Waals surface area contributed by atoms with Crippen molar-refractivity contribution in [3.63, 3.8) is 0 Å². The van der Waals surface area contributed by atoms with Gasteiger partial charge in [0.15, 0.2) is 5.13 Å². The van der Waals surface area contributed by atoms with Gasteiger partial charge >= 0.3 is 0 Å². The standard InChI is InChI=1S/C20H19N3O3S/c24-18(22-20-21-17(13-27-20)14-4-2-1-3-5-14)15-6-9-23(10-7-15)19(25)16-8-11-26-12-16/h1-5,8,11-13,15H,6-7,9-10H2,(H,21,22,24). The van der Waals surface area contributed by atoms with E-state index in [0.29, 0.717) is 36.6 Å². The van der Waals surface area contributed by atoms with Gasteiger partial charge in [0.1, 0.15) is 6.26 Å². The van der Waals surface area contributed by atoms with Crippen LogP contribution in [-0.4, -0.2) is 34.8 Å². The van der Waals surface area contributed by atoms with Gasteiger partial charge in [0.05, 0.1) is 17.5 Å². The normalized spacial score (nSPS) is 14.9. The zero-order chi connectivity index (χ0) is 18.6. The number of carbonyl (C=O) groups excluding carboxylic acids is 2. The van der Waals surface area contributed by atoms with Gasteiger partial charge in [-0.05, 0) is 18.9 Å². The van der Waals surface area contributed by atoms with E-state index >= 15 is 0 Å². The van der Waals surface area contributed by atoms with Crippen LogP contribution in [0.15, 0.2) is 58.7 Å². The number of hydrogen-bond donors (Lipinski definition) is 1. The van der Waals surface area contributed by atoms with Crippen molar-refractivity contribution in [1.82, 2.24) is 9.88 Å². The number of likely N-dealkylation sites (tertiary alicyclic amines) is 1. The summed E-state index contributed by atoms with van der Waals surface area (Å²) in [6.07, 6.45) is 4.23. The molecule has 1 fully saturated rings. The number of benzene rings is 1. The van der Waals surface area contributed by atoms with Gasteiger partial charge in [-0.15, -0.1) is 11.3 Å². The fraction of sp³-hybridized carbons (Fsp3) is 0.250. The average molecular weight is 381 g/mol. The minimum absolute atomic E-state index is 0.0284. The first kappa shape index (κ1) is 17.5. The third kappa shape index (κ3) is 3.93. The van der Waals surface area contributed by atoms with E-state index in [1.807, 2.05) is 35.7 Å². The maximum absolute atomic E-state index is 12.6. The molecule has 0 bridgehead atoms. The zero-order valence-corrected chi connectivity index (χ0v) is 15.4. The number of furan rings is 1. The second kappa shape index (κ2) is 7.75. The van der Waals surface area contributed by atoms with Crippen LogP contribution < -0.4 is 5.32 Å². The molecular weight excluding hydrogens is 362 g/mol. The van der Waals surface area contributed by atoms with Crippen molar-refractivity contribution >= 4 is 28.3 Å². The first-order chi connectivity index (χ1) is 13.2. The van der Waals surface area contributed by atoms with E-state index in [4.69, 9.17) is 4.42 Å². The monoisotopic (exact) mass is 381 g/mol. The predicted octanol–water partition coefficient (Wildman–Crippen LogP) is 3.89. The number of nitrogens with zero attached hydrogens (tertiary/aromatic N) is 2. The van der Waals surface area contributed by atoms with Gasteiger partial charge in [0.2, 0.25) is 5.91 Å². The van der Waals surface area contributed by atoms with Crippen molar-refractivity contribution in [3.8, 4) is 11.3 Å². The summed E-state index contributed by atoms with van der Waals surface area (Å²) in [4.78, 5) is 31.2. The van der Waals surface area contributed by atoms with Gasteiger partial charge in [-0.25, -0.2) is 4.98 Å². The topological polar surface area (TPSA) is 75.4 Å². The average Bonchev–Trinajstić information content (AvgIpc) is 3.40. The number of hydrogen-bond acceptors (Lipinski definition) is 5. The Kier molecular flexibility index (Phi) is 5.02. The van der Waals surface area contributed by atoms with E-state index in [0.717, 1.165) is 11.3 Å². The van der Waals surface area contributed by atoms with Crippen LogP contribution in [0, 0.1) is 5.92 Å². The Morgan fingerprint density at radius 3 is 2.63 bits per heavy atom. The number of aromatic nitrogens is 1. The van der Waals surface area contributed by atoms with Crippen molar-refractivity contribution in [2.45, 2.75) is 12.8 Å². The number of thiazole rings is 1. The summed E-state index contributed by atoms with van der Waals surface area (Å²) in [5.41, 5.74) is 2.44. The number of piperidine rings is 1. The molecule has 0 unspecified atom stereocenters. The molecule has 1 N–H and O–H groups in total. The van der Waals surface area contributed by atoms with Crippen molar-refractivity contribution in [1.29, 1.82) is 0 Å². The van der Waals surface area contributed by atoms with Gasteiger partial charge < -0.3 is 14.6 Å². The van der Waals surface area contributed by atoms with Gasteiger partial charge in [-0.3, -0.25) is 9.59 Å². The van der Waals surface area contributed by atoms with Crippen molar-refractivity contribution in [2.75, 3.05) is 18.4 Å². The van der Waals surface area contributed by atoms with E-state index < -0.39 is 0 Å². The molecule has 6 nitrogen and oxygen atoms in total. The highest BCUT2D eigenvalue weighted by Gasteiger charge is 2.28. The molecule has 0 spiro atoms. The Labute approximate surface area is 160 Å². The quantitative estimate of drug-likeness (QED) is 0.744. The largest absolute Gasteiger partial charge is 0.472 e. The summed E-state index contributed by atoms with van der Waals surface area (Å²) in [6.45, 7) is 1.13. The third-order valence-corrected chi connectivity index (χ3v) is 5.48. The molecule has 1 aliphatic rings. The highest BCUT2D eigenvalue weighted by atomic mass is 32.1. The van der Waals surface area contributed by atoms with Crippen LogP contribution in [0.3, 0.4) is 0 Å². The van der Waals surface area contributed by atoms with E-state index in [1.165, 1.54) is 23.9 Å². The Morgan fingerprint density at radius 2 is 1.93 bits per heavy atom. The lowest BCUT2D eigenvalue weighted by Gasteiger charge is -2.30. The Bertz CT molecular complexity index is 913. The van der Waals surface area contributed by atoms with Crippen LogP contribution in [0.1, 0.15) is 23.2 Å². The highest BCUT2D eigenvalue weighted by molar-refractivity contribution is 7.14. The molecule has 138 valence electrons. The van der Waals surface area contributed by atoms with Crippen molar-refractivity contribution in [3.05, 3.63) is 59.9 Å². The summed E-state index contributed by atoms with van der Waals surface area (Å²) in [7, 11) is 0. The van der Waals surface area contributed by atoms with Crippen LogP contribution in [-0.2, 0) is 4.79 Å². The lowest BCUT2D eigenvalue weighted by molar-refractivity contribution is -0.121. The molecular formula is C20H19N3O3S. The molecule has 2 aromatic heterocycles. The molecule has 0 saturated carbocycles. The molecule has 1 aromatic carbocycles. The molecule has 0 atom stereocenters. The molecule has 1 saturated heterocycles. The van der Waals surface area contributed by atoms with Gasteiger partial charge in [-0.1, -0.05) is 30.3 Å². The molecule has 27 heavy (non-hydrogen) atoms. The molecule has 4 rings (SSSR count). The van der Waals surface area contributed by atoms with E-state index in [-0.39, 0.29) is 17.7 Å². The zero-order valence-electron chi connectivity index (χ0n) is 14.6. The Morgan fingerprint density at radius 1 is 1.15 bits per heavy atom. The lowest BCUT2D eigenvalue weighted by atomic mass is 9.95. The van der Waals surface area contributed by atoms with Crippen LogP contribution in [0.2, 0.25) is 0 Å². The molecule has 3 aromatic rings. The van der Waals surface area contributed by atoms with Crippen molar-refractivity contribution < 1.29 is 14.0 Å². The van der Waals surface area contributed by atoms with Gasteiger partial charge in [0.25, 0.3) is 5.91 Å². The number of nitrogens with one attached hydrogen (secondary N) is 1. The SMILES string of the molecule is O=C(Nc1nc(-c2ccccc2)cs1)C1CCN(C(=O)c2ccoc2)CC1. The third-order valence-electron chi connectivity index (χ3n) is 4.72. The van der Waals surface area contributed by atoms with Crippen LogP contribution in [0.5, 0.6) is 0 Å². The van der Waals surface area contributed by atoms with Gasteiger partial charge in [0, 0.05) is 30.0 Å². The summed E-state index contributed by atoms with van der Waals surface area (Å²) in [5.74, 6) is -0.183. The van der Waals surface area contributed by atoms with Crippen molar-refractivity contribution in [2.24, 2.45) is 5.92 Å². The van der Waals surface area contributed by atoms with Crippen LogP contribution in [0.4, 0.5) is 5.13 Å². The number of carbonyl (C=O) groups is 2. The first-order valence-electron chi connectivity index (χ1n) is 8.84. The number of rotatable bonds is 4. The number of anilines is 1. The molecule has 3 heterocycles. The maximum Gasteiger partial charge on any atom is 0.257 e. The predicted molar refractivity (Wildman–Crippen MR) is 104 cm³/mol. The van der Waals surface area contributed by atoms with E-state index in [1.54, 1.807) is 11.0 Å². The fourth-order valence-corrected chi connectivity index (χ4v) is 3.92. The highest BCUT2D eigenvalue weighted by Crippen LogP contribution is 2.26. The molecule has 2 amide bonds. The van der Waals surface area contributed by atoms with E-state index in [9.17, 15) is 9.59 Å². The van der Waals surface area contributed by atoms with E-state index in [2.05, 4.69) is 10.3 Å². The van der Waals surface area contributed by atoms with Crippen LogP contribution >= 0.6 is 11.3 Å². The minimum atomic E-state index is -0.109. The summed E-state index contributed by atoms with van der Waals surface area (Å²) < 4.78 is 4.97. The van der Waals surface area contributed by atoms with Crippen LogP contribution in [0.25, 0.3) is 11.3 Å². The first-order valence-corrected chi connectivity index (χ1v) is 9.72. The Hall–Kier alpha value is -2.93. The summed E-state index contributed by atoms with van der Waals surface area (Å²) in [5, 5.41) is 5.47. The lowest BCUT2D eigenvalue weighted by Crippen LogP contribution is -2.41. The smallest absolute Gasteiger partial charge is 0.257 e. The molecule has 0 radical (unpaired) electrons. The summed E-state index contributed by atoms with van der Waals surface area (Å²) >= 11 is 1.42.